The van der Waals surface area contributed by atoms with Gasteiger partial charge in [0, 0.05) is 0 Å². The summed E-state index contributed by atoms with van der Waals surface area (Å²) in [6, 6.07) is 0. The van der Waals surface area contributed by atoms with Gasteiger partial charge in [0.1, 0.15) is 6.61 Å². The zero-order valence-corrected chi connectivity index (χ0v) is 13.0. The van der Waals surface area contributed by atoms with Crippen LogP contribution in [0.2, 0.25) is 0 Å². The second-order valence-electron chi connectivity index (χ2n) is 4.33. The predicted molar refractivity (Wildman–Crippen MR) is 74.8 cm³/mol. The molecule has 0 aromatic rings. The summed E-state index contributed by atoms with van der Waals surface area (Å²) >= 11 is 0. The van der Waals surface area contributed by atoms with Crippen LogP contribution in [0.5, 0.6) is 0 Å². The van der Waals surface area contributed by atoms with Gasteiger partial charge in [-0.1, -0.05) is 6.92 Å². The Morgan fingerprint density at radius 3 is 1.45 bits per heavy atom. The van der Waals surface area contributed by atoms with Gasteiger partial charge in [-0.15, -0.1) is 0 Å². The number of ether oxygens (including phenoxy) is 4. The third kappa shape index (κ3) is 5.88. The second kappa shape index (κ2) is 10.6. The van der Waals surface area contributed by atoms with Gasteiger partial charge in [-0.25, -0.2) is 0 Å². The van der Waals surface area contributed by atoms with Crippen LogP contribution in [0, 0.1) is 5.41 Å². The molecule has 0 bridgehead atoms. The van der Waals surface area contributed by atoms with E-state index in [0.29, 0.717) is 26.2 Å². The monoisotopic (exact) mass is 292 g/mol. The molecule has 0 saturated carbocycles. The first-order chi connectivity index (χ1) is 9.62. The molecule has 0 radical (unpaired) electrons. The summed E-state index contributed by atoms with van der Waals surface area (Å²) in [6.07, 6.45) is 0.581. The molecule has 20 heavy (non-hydrogen) atoms. The summed E-state index contributed by atoms with van der Waals surface area (Å²) in [7, 11) is 0. The van der Waals surface area contributed by atoms with Gasteiger partial charge in [-0.2, -0.15) is 0 Å². The lowest BCUT2D eigenvalue weighted by atomic mass is 9.88. The van der Waals surface area contributed by atoms with Gasteiger partial charge < -0.3 is 29.2 Å². The molecular formula is C14H28O6. The van der Waals surface area contributed by atoms with Crippen molar-refractivity contribution in [2.24, 2.45) is 5.41 Å². The van der Waals surface area contributed by atoms with Crippen LogP contribution in [0.3, 0.4) is 0 Å². The number of aliphatic hydroxyl groups is 2. The van der Waals surface area contributed by atoms with Gasteiger partial charge in [0.2, 0.25) is 0 Å². The molecule has 0 amide bonds. The Kier molecular flexibility index (Phi) is 10.0. The molecule has 0 atom stereocenters. The Morgan fingerprint density at radius 2 is 1.15 bits per heavy atom. The van der Waals surface area contributed by atoms with Crippen LogP contribution in [0.25, 0.3) is 0 Å². The van der Waals surface area contributed by atoms with E-state index in [1.807, 2.05) is 27.7 Å². The van der Waals surface area contributed by atoms with E-state index in [9.17, 15) is 10.2 Å². The smallest absolute Gasteiger partial charge is 0.364 e. The zero-order chi connectivity index (χ0) is 15.4. The highest BCUT2D eigenvalue weighted by atomic mass is 16.7. The summed E-state index contributed by atoms with van der Waals surface area (Å²) in [5, 5.41) is 18.8. The lowest BCUT2D eigenvalue weighted by Crippen LogP contribution is -2.34. The van der Waals surface area contributed by atoms with Gasteiger partial charge in [-0.3, -0.25) is 0 Å². The lowest BCUT2D eigenvalue weighted by Gasteiger charge is -2.28. The van der Waals surface area contributed by atoms with Crippen LogP contribution in [-0.2, 0) is 18.9 Å². The van der Waals surface area contributed by atoms with Crippen molar-refractivity contribution in [1.82, 2.24) is 0 Å². The minimum absolute atomic E-state index is 0.121. The summed E-state index contributed by atoms with van der Waals surface area (Å²) in [5.74, 6) is 0.341. The van der Waals surface area contributed by atoms with E-state index in [-0.39, 0.29) is 31.7 Å². The SMILES string of the molecule is CCOC(OCC)=C(OCC)OCC(CC)(CO)CO. The number of aliphatic hydroxyl groups excluding tert-OH is 2. The van der Waals surface area contributed by atoms with E-state index < -0.39 is 5.41 Å². The zero-order valence-electron chi connectivity index (χ0n) is 13.0. The fraction of sp³-hybridized carbons (Fsp3) is 0.857. The average molecular weight is 292 g/mol. The van der Waals surface area contributed by atoms with E-state index in [2.05, 4.69) is 0 Å². The van der Waals surface area contributed by atoms with E-state index in [0.717, 1.165) is 0 Å². The highest BCUT2D eigenvalue weighted by molar-refractivity contribution is 4.88. The Balaban J connectivity index is 4.94. The molecule has 0 aliphatic carbocycles. The number of rotatable bonds is 12. The topological polar surface area (TPSA) is 77.4 Å². The van der Waals surface area contributed by atoms with E-state index in [4.69, 9.17) is 18.9 Å². The van der Waals surface area contributed by atoms with Gasteiger partial charge in [0.25, 0.3) is 0 Å². The molecule has 0 aromatic carbocycles. The Bertz CT molecular complexity index is 257. The minimum Gasteiger partial charge on any atom is -0.461 e. The first-order valence-corrected chi connectivity index (χ1v) is 7.10. The molecule has 2 N–H and O–H groups in total. The van der Waals surface area contributed by atoms with Crippen LogP contribution < -0.4 is 0 Å². The van der Waals surface area contributed by atoms with Gasteiger partial charge >= 0.3 is 11.9 Å². The highest BCUT2D eigenvalue weighted by Gasteiger charge is 2.29. The van der Waals surface area contributed by atoms with Gasteiger partial charge in [0.05, 0.1) is 38.4 Å². The number of hydrogen-bond donors (Lipinski definition) is 2. The maximum absolute atomic E-state index is 9.41. The fourth-order valence-electron chi connectivity index (χ4n) is 1.40. The van der Waals surface area contributed by atoms with Crippen molar-refractivity contribution in [3.05, 3.63) is 11.9 Å². The molecule has 0 spiro atoms. The predicted octanol–water partition coefficient (Wildman–Crippen LogP) is 1.62. The maximum atomic E-state index is 9.41. The Morgan fingerprint density at radius 1 is 0.750 bits per heavy atom. The standard InChI is InChI=1S/C14H28O6/c1-5-14(9-15,10-16)11-20-13(19-8-4)12(17-6-2)18-7-3/h15-16H,5-11H2,1-4H3. The molecule has 0 unspecified atom stereocenters. The van der Waals surface area contributed by atoms with Crippen LogP contribution in [0.15, 0.2) is 11.9 Å². The molecule has 0 rings (SSSR count). The molecule has 0 fully saturated rings. The molecule has 0 saturated heterocycles. The lowest BCUT2D eigenvalue weighted by molar-refractivity contribution is -0.0767. The van der Waals surface area contributed by atoms with Gasteiger partial charge in [-0.05, 0) is 27.2 Å². The van der Waals surface area contributed by atoms with Crippen LogP contribution >= 0.6 is 0 Å². The van der Waals surface area contributed by atoms with E-state index >= 15 is 0 Å². The maximum Gasteiger partial charge on any atom is 0.364 e. The van der Waals surface area contributed by atoms with Crippen LogP contribution in [-0.4, -0.2) is 49.9 Å². The Labute approximate surface area is 121 Å². The van der Waals surface area contributed by atoms with Crippen molar-refractivity contribution in [2.75, 3.05) is 39.6 Å². The molecule has 120 valence electrons. The molecule has 6 heteroatoms. The molecule has 0 aliphatic rings. The van der Waals surface area contributed by atoms with E-state index in [1.54, 1.807) is 0 Å². The van der Waals surface area contributed by atoms with Gasteiger partial charge in [0.15, 0.2) is 0 Å². The van der Waals surface area contributed by atoms with Crippen molar-refractivity contribution < 1.29 is 29.2 Å². The van der Waals surface area contributed by atoms with Crippen LogP contribution in [0.1, 0.15) is 34.1 Å². The minimum atomic E-state index is -0.702. The van der Waals surface area contributed by atoms with Crippen molar-refractivity contribution >= 4 is 0 Å². The third-order valence-corrected chi connectivity index (χ3v) is 2.92. The quantitative estimate of drug-likeness (QED) is 0.532. The first-order valence-electron chi connectivity index (χ1n) is 7.10. The summed E-state index contributed by atoms with van der Waals surface area (Å²) in [5.41, 5.74) is -0.702. The molecule has 0 heterocycles. The van der Waals surface area contributed by atoms with Crippen molar-refractivity contribution in [2.45, 2.75) is 34.1 Å². The third-order valence-electron chi connectivity index (χ3n) is 2.92. The average Bonchev–Trinajstić information content (AvgIpc) is 2.48. The summed E-state index contributed by atoms with van der Waals surface area (Å²) in [6.45, 7) is 8.40. The Hall–Kier alpha value is -1.14. The fourth-order valence-corrected chi connectivity index (χ4v) is 1.40. The number of hydrogen-bond acceptors (Lipinski definition) is 6. The molecule has 0 aromatic heterocycles. The van der Waals surface area contributed by atoms with Crippen LogP contribution in [0.4, 0.5) is 0 Å². The van der Waals surface area contributed by atoms with Crippen molar-refractivity contribution in [3.8, 4) is 0 Å². The van der Waals surface area contributed by atoms with Crippen molar-refractivity contribution in [1.29, 1.82) is 0 Å². The first kappa shape index (κ1) is 18.9. The summed E-state index contributed by atoms with van der Waals surface area (Å²) in [4.78, 5) is 0. The van der Waals surface area contributed by atoms with E-state index in [1.165, 1.54) is 0 Å². The second-order valence-corrected chi connectivity index (χ2v) is 4.33. The molecule has 6 nitrogen and oxygen atoms in total. The highest BCUT2D eigenvalue weighted by Crippen LogP contribution is 2.23. The normalized spacial score (nSPS) is 10.9. The molecular weight excluding hydrogens is 264 g/mol. The summed E-state index contributed by atoms with van der Waals surface area (Å²) < 4.78 is 21.6. The molecule has 0 aliphatic heterocycles. The van der Waals surface area contributed by atoms with Crippen molar-refractivity contribution in [3.63, 3.8) is 0 Å². The largest absolute Gasteiger partial charge is 0.461 e.